The van der Waals surface area contributed by atoms with E-state index in [1.165, 1.54) is 54.6 Å². The maximum absolute atomic E-state index is 12.6. The summed E-state index contributed by atoms with van der Waals surface area (Å²) in [6, 6.07) is 14.7. The molecule has 0 radical (unpaired) electrons. The van der Waals surface area contributed by atoms with Crippen LogP contribution in [-0.4, -0.2) is 23.9 Å². The Labute approximate surface area is 163 Å². The Hall–Kier alpha value is -2.13. The quantitative estimate of drug-likeness (QED) is 0.770. The summed E-state index contributed by atoms with van der Waals surface area (Å²) in [5, 5.41) is 3.09. The van der Waals surface area contributed by atoms with E-state index in [1.807, 2.05) is 12.1 Å². The Bertz CT molecular complexity index is 745. The molecule has 1 saturated heterocycles. The van der Waals surface area contributed by atoms with Gasteiger partial charge in [0, 0.05) is 18.7 Å². The minimum absolute atomic E-state index is 0.00322. The summed E-state index contributed by atoms with van der Waals surface area (Å²) < 4.78 is 0. The smallest absolute Gasteiger partial charge is 0.251 e. The van der Waals surface area contributed by atoms with Crippen molar-refractivity contribution in [2.75, 3.05) is 13.1 Å². The van der Waals surface area contributed by atoms with E-state index in [2.05, 4.69) is 54.4 Å². The summed E-state index contributed by atoms with van der Waals surface area (Å²) in [4.78, 5) is 15.1. The second-order valence-corrected chi connectivity index (χ2v) is 7.53. The fourth-order valence-corrected chi connectivity index (χ4v) is 3.82. The largest absolute Gasteiger partial charge is 0.348 e. The molecule has 0 bridgehead atoms. The molecule has 0 unspecified atom stereocenters. The molecule has 1 amide bonds. The minimum Gasteiger partial charge on any atom is -0.348 e. The highest BCUT2D eigenvalue weighted by Crippen LogP contribution is 2.15. The molecule has 1 aliphatic heterocycles. The van der Waals surface area contributed by atoms with Gasteiger partial charge in [0.15, 0.2) is 0 Å². The first-order chi connectivity index (χ1) is 13.2. The van der Waals surface area contributed by atoms with Gasteiger partial charge in [0.25, 0.3) is 5.91 Å². The molecule has 144 valence electrons. The van der Waals surface area contributed by atoms with Crippen LogP contribution >= 0.6 is 0 Å². The summed E-state index contributed by atoms with van der Waals surface area (Å²) in [6.07, 6.45) is 5.97. The number of rotatable bonds is 7. The van der Waals surface area contributed by atoms with Crippen LogP contribution in [0.2, 0.25) is 0 Å². The van der Waals surface area contributed by atoms with Crippen molar-refractivity contribution in [3.8, 4) is 0 Å². The summed E-state index contributed by atoms with van der Waals surface area (Å²) in [7, 11) is 0. The number of likely N-dealkylation sites (tertiary alicyclic amines) is 1. The van der Waals surface area contributed by atoms with Crippen LogP contribution in [0.4, 0.5) is 0 Å². The number of piperidine rings is 1. The number of carbonyl (C=O) groups is 1. The summed E-state index contributed by atoms with van der Waals surface area (Å²) in [6.45, 7) is 8.29. The SMILES string of the molecule is CCc1ccc(CC)c(CNC(=O)c2ccc(CN3CCCCC3)cc2)c1. The van der Waals surface area contributed by atoms with Gasteiger partial charge in [-0.3, -0.25) is 9.69 Å². The van der Waals surface area contributed by atoms with Crippen molar-refractivity contribution < 1.29 is 4.79 Å². The molecule has 3 nitrogen and oxygen atoms in total. The van der Waals surface area contributed by atoms with E-state index in [0.29, 0.717) is 6.54 Å². The molecule has 0 atom stereocenters. The van der Waals surface area contributed by atoms with Crippen molar-refractivity contribution in [3.63, 3.8) is 0 Å². The minimum atomic E-state index is 0.00322. The second-order valence-electron chi connectivity index (χ2n) is 7.53. The van der Waals surface area contributed by atoms with Crippen molar-refractivity contribution in [1.29, 1.82) is 0 Å². The van der Waals surface area contributed by atoms with Crippen LogP contribution in [0.1, 0.15) is 65.7 Å². The van der Waals surface area contributed by atoms with Crippen molar-refractivity contribution in [1.82, 2.24) is 10.2 Å². The van der Waals surface area contributed by atoms with E-state index in [-0.39, 0.29) is 5.91 Å². The normalized spacial score (nSPS) is 14.9. The number of hydrogen-bond acceptors (Lipinski definition) is 2. The standard InChI is InChI=1S/C24H32N2O/c1-3-19-8-11-21(4-2)23(16-19)17-25-24(27)22-12-9-20(10-13-22)18-26-14-6-5-7-15-26/h8-13,16H,3-7,14-15,17-18H2,1-2H3,(H,25,27). The van der Waals surface area contributed by atoms with Crippen LogP contribution < -0.4 is 5.32 Å². The van der Waals surface area contributed by atoms with E-state index in [1.54, 1.807) is 0 Å². The Morgan fingerprint density at radius 2 is 1.59 bits per heavy atom. The van der Waals surface area contributed by atoms with Crippen LogP contribution in [0, 0.1) is 0 Å². The van der Waals surface area contributed by atoms with E-state index in [9.17, 15) is 4.79 Å². The van der Waals surface area contributed by atoms with Crippen molar-refractivity contribution in [2.45, 2.75) is 59.0 Å². The molecule has 0 aromatic heterocycles. The third-order valence-corrected chi connectivity index (χ3v) is 5.57. The summed E-state index contributed by atoms with van der Waals surface area (Å²) in [5.41, 5.74) is 5.88. The predicted molar refractivity (Wildman–Crippen MR) is 112 cm³/mol. The molecular weight excluding hydrogens is 332 g/mol. The van der Waals surface area contributed by atoms with Crippen molar-refractivity contribution in [2.24, 2.45) is 0 Å². The monoisotopic (exact) mass is 364 g/mol. The molecule has 2 aromatic carbocycles. The molecule has 1 fully saturated rings. The van der Waals surface area contributed by atoms with Gasteiger partial charge in [-0.2, -0.15) is 0 Å². The number of aryl methyl sites for hydroxylation is 2. The summed E-state index contributed by atoms with van der Waals surface area (Å²) >= 11 is 0. The zero-order valence-electron chi connectivity index (χ0n) is 16.8. The van der Waals surface area contributed by atoms with Crippen molar-refractivity contribution in [3.05, 3.63) is 70.3 Å². The first-order valence-electron chi connectivity index (χ1n) is 10.4. The van der Waals surface area contributed by atoms with Gasteiger partial charge < -0.3 is 5.32 Å². The lowest BCUT2D eigenvalue weighted by molar-refractivity contribution is 0.0951. The highest BCUT2D eigenvalue weighted by atomic mass is 16.1. The molecule has 0 saturated carbocycles. The number of benzene rings is 2. The highest BCUT2D eigenvalue weighted by molar-refractivity contribution is 5.94. The average Bonchev–Trinajstić information content (AvgIpc) is 2.73. The van der Waals surface area contributed by atoms with Gasteiger partial charge in [-0.25, -0.2) is 0 Å². The molecule has 0 aliphatic carbocycles. The third-order valence-electron chi connectivity index (χ3n) is 5.57. The molecule has 2 aromatic rings. The fourth-order valence-electron chi connectivity index (χ4n) is 3.82. The lowest BCUT2D eigenvalue weighted by atomic mass is 10.0. The topological polar surface area (TPSA) is 32.3 Å². The lowest BCUT2D eigenvalue weighted by Crippen LogP contribution is -2.29. The van der Waals surface area contributed by atoms with Gasteiger partial charge in [0.1, 0.15) is 0 Å². The molecule has 1 N–H and O–H groups in total. The molecule has 1 aliphatic rings. The Morgan fingerprint density at radius 1 is 0.889 bits per heavy atom. The van der Waals surface area contributed by atoms with Gasteiger partial charge in [-0.15, -0.1) is 0 Å². The molecule has 1 heterocycles. The van der Waals surface area contributed by atoms with E-state index in [4.69, 9.17) is 0 Å². The van der Waals surface area contributed by atoms with Gasteiger partial charge in [-0.1, -0.05) is 50.6 Å². The van der Waals surface area contributed by atoms with Crippen LogP contribution in [0.5, 0.6) is 0 Å². The Kier molecular flexibility index (Phi) is 7.05. The van der Waals surface area contributed by atoms with Gasteiger partial charge in [-0.05, 0) is 73.2 Å². The maximum atomic E-state index is 12.6. The number of hydrogen-bond donors (Lipinski definition) is 1. The van der Waals surface area contributed by atoms with E-state index >= 15 is 0 Å². The van der Waals surface area contributed by atoms with Crippen LogP contribution in [0.25, 0.3) is 0 Å². The molecule has 3 rings (SSSR count). The average molecular weight is 365 g/mol. The zero-order chi connectivity index (χ0) is 19.1. The number of nitrogens with one attached hydrogen (secondary N) is 1. The highest BCUT2D eigenvalue weighted by Gasteiger charge is 2.11. The predicted octanol–water partition coefficient (Wildman–Crippen LogP) is 4.73. The number of nitrogens with zero attached hydrogens (tertiary/aromatic N) is 1. The van der Waals surface area contributed by atoms with Crippen LogP contribution in [0.15, 0.2) is 42.5 Å². The molecule has 3 heteroatoms. The number of amides is 1. The molecule has 0 spiro atoms. The third kappa shape index (κ3) is 5.43. The van der Waals surface area contributed by atoms with Crippen molar-refractivity contribution >= 4 is 5.91 Å². The first kappa shape index (κ1) is 19.6. The van der Waals surface area contributed by atoms with Gasteiger partial charge in [0.05, 0.1) is 0 Å². The lowest BCUT2D eigenvalue weighted by Gasteiger charge is -2.26. The summed E-state index contributed by atoms with van der Waals surface area (Å²) in [5.74, 6) is 0.00322. The maximum Gasteiger partial charge on any atom is 0.251 e. The first-order valence-corrected chi connectivity index (χ1v) is 10.4. The van der Waals surface area contributed by atoms with E-state index < -0.39 is 0 Å². The molecular formula is C24H32N2O. The van der Waals surface area contributed by atoms with Crippen LogP contribution in [-0.2, 0) is 25.9 Å². The fraction of sp³-hybridized carbons (Fsp3) is 0.458. The zero-order valence-corrected chi connectivity index (χ0v) is 16.8. The van der Waals surface area contributed by atoms with Gasteiger partial charge >= 0.3 is 0 Å². The van der Waals surface area contributed by atoms with Gasteiger partial charge in [0.2, 0.25) is 0 Å². The molecule has 27 heavy (non-hydrogen) atoms. The second kappa shape index (κ2) is 9.70. The van der Waals surface area contributed by atoms with E-state index in [0.717, 1.165) is 24.9 Å². The van der Waals surface area contributed by atoms with Crippen LogP contribution in [0.3, 0.4) is 0 Å². The Balaban J connectivity index is 1.58. The Morgan fingerprint density at radius 3 is 2.26 bits per heavy atom. The number of carbonyl (C=O) groups excluding carboxylic acids is 1.